The Kier molecular flexibility index (Phi) is 3.58. The summed E-state index contributed by atoms with van der Waals surface area (Å²) in [5, 5.41) is 3.43. The molecule has 0 fully saturated rings. The first kappa shape index (κ1) is 11.9. The zero-order valence-corrected chi connectivity index (χ0v) is 10.6. The first-order valence-electron chi connectivity index (χ1n) is 5.98. The lowest BCUT2D eigenvalue weighted by atomic mass is 10.2. The van der Waals surface area contributed by atoms with Crippen LogP contribution in [-0.4, -0.2) is 25.6 Å². The van der Waals surface area contributed by atoms with Crippen LogP contribution in [0.25, 0.3) is 0 Å². The Bertz CT molecular complexity index is 471. The van der Waals surface area contributed by atoms with Crippen molar-refractivity contribution in [3.8, 4) is 0 Å². The number of nitrogens with zero attached hydrogens (tertiary/aromatic N) is 4. The zero-order chi connectivity index (χ0) is 12.3. The van der Waals surface area contributed by atoms with Gasteiger partial charge >= 0.3 is 0 Å². The molecular formula is C12H19N5. The van der Waals surface area contributed by atoms with Crippen molar-refractivity contribution in [2.45, 2.75) is 26.4 Å². The number of rotatable bonds is 5. The normalized spacial score (nSPS) is 12.9. The summed E-state index contributed by atoms with van der Waals surface area (Å²) in [6.07, 6.45) is 7.69. The quantitative estimate of drug-likeness (QED) is 0.847. The number of imidazole rings is 2. The lowest BCUT2D eigenvalue weighted by Crippen LogP contribution is -2.25. The summed E-state index contributed by atoms with van der Waals surface area (Å²) in [6.45, 7) is 6.02. The fourth-order valence-corrected chi connectivity index (χ4v) is 1.96. The Morgan fingerprint density at radius 3 is 2.76 bits per heavy atom. The summed E-state index contributed by atoms with van der Waals surface area (Å²) in [6, 6.07) is 0.0659. The highest BCUT2D eigenvalue weighted by Crippen LogP contribution is 2.18. The summed E-state index contributed by atoms with van der Waals surface area (Å²) >= 11 is 0. The number of hydrogen-bond donors (Lipinski definition) is 1. The van der Waals surface area contributed by atoms with Gasteiger partial charge in [0, 0.05) is 32.2 Å². The summed E-state index contributed by atoms with van der Waals surface area (Å²) in [5.41, 5.74) is 1.01. The molecule has 0 radical (unpaired) electrons. The van der Waals surface area contributed by atoms with Crippen LogP contribution in [0.15, 0.2) is 24.9 Å². The van der Waals surface area contributed by atoms with Gasteiger partial charge in [0.2, 0.25) is 0 Å². The maximum absolute atomic E-state index is 4.44. The number of aromatic nitrogens is 4. The third kappa shape index (κ3) is 2.39. The van der Waals surface area contributed by atoms with E-state index in [1.165, 1.54) is 0 Å². The molecule has 0 saturated carbocycles. The van der Waals surface area contributed by atoms with Crippen molar-refractivity contribution in [1.29, 1.82) is 0 Å². The van der Waals surface area contributed by atoms with E-state index in [4.69, 9.17) is 0 Å². The predicted molar refractivity (Wildman–Crippen MR) is 66.6 cm³/mol. The van der Waals surface area contributed by atoms with Crippen molar-refractivity contribution in [3.05, 3.63) is 36.4 Å². The van der Waals surface area contributed by atoms with Crippen molar-refractivity contribution >= 4 is 0 Å². The van der Waals surface area contributed by atoms with Gasteiger partial charge in [-0.2, -0.15) is 0 Å². The molecule has 0 aromatic carbocycles. The van der Waals surface area contributed by atoms with E-state index in [0.29, 0.717) is 0 Å². The molecule has 2 heterocycles. The molecule has 2 aromatic heterocycles. The van der Waals surface area contributed by atoms with E-state index in [0.717, 1.165) is 24.6 Å². The third-order valence-electron chi connectivity index (χ3n) is 2.78. The number of nitrogens with one attached hydrogen (secondary N) is 1. The van der Waals surface area contributed by atoms with Crippen LogP contribution < -0.4 is 5.32 Å². The van der Waals surface area contributed by atoms with Gasteiger partial charge in [-0.3, -0.25) is 0 Å². The van der Waals surface area contributed by atoms with Gasteiger partial charge in [0.1, 0.15) is 11.9 Å². The second-order valence-electron chi connectivity index (χ2n) is 4.03. The molecule has 1 unspecified atom stereocenters. The molecule has 0 aliphatic heterocycles. The molecule has 2 aromatic rings. The van der Waals surface area contributed by atoms with E-state index in [1.54, 1.807) is 0 Å². The average molecular weight is 233 g/mol. The smallest absolute Gasteiger partial charge is 0.132 e. The monoisotopic (exact) mass is 233 g/mol. The lowest BCUT2D eigenvalue weighted by molar-refractivity contribution is 0.550. The van der Waals surface area contributed by atoms with Crippen molar-refractivity contribution < 1.29 is 0 Å². The molecule has 1 N–H and O–H groups in total. The maximum Gasteiger partial charge on any atom is 0.132 e. The molecule has 0 bridgehead atoms. The van der Waals surface area contributed by atoms with Crippen LogP contribution in [0.3, 0.4) is 0 Å². The SMILES string of the molecule is CCNC(c1cn(C)cn1)c1nccn1CC. The fraction of sp³-hybridized carbons (Fsp3) is 0.500. The van der Waals surface area contributed by atoms with Crippen LogP contribution in [0.1, 0.15) is 31.4 Å². The Hall–Kier alpha value is -1.62. The van der Waals surface area contributed by atoms with Crippen LogP contribution in [0.2, 0.25) is 0 Å². The molecule has 0 amide bonds. The minimum absolute atomic E-state index is 0.0659. The van der Waals surface area contributed by atoms with Crippen LogP contribution >= 0.6 is 0 Å². The highest BCUT2D eigenvalue weighted by atomic mass is 15.1. The standard InChI is InChI=1S/C12H19N5/c1-4-13-11(10-8-16(3)9-15-10)12-14-6-7-17(12)5-2/h6-9,11,13H,4-5H2,1-3H3. The largest absolute Gasteiger partial charge is 0.340 e. The van der Waals surface area contributed by atoms with Crippen molar-refractivity contribution in [2.75, 3.05) is 6.54 Å². The Balaban J connectivity index is 2.35. The van der Waals surface area contributed by atoms with Gasteiger partial charge in [-0.25, -0.2) is 9.97 Å². The topological polar surface area (TPSA) is 47.7 Å². The molecule has 1 atom stereocenters. The number of hydrogen-bond acceptors (Lipinski definition) is 3. The maximum atomic E-state index is 4.44. The summed E-state index contributed by atoms with van der Waals surface area (Å²) in [4.78, 5) is 8.86. The van der Waals surface area contributed by atoms with Crippen LogP contribution in [-0.2, 0) is 13.6 Å². The molecule has 0 aliphatic carbocycles. The third-order valence-corrected chi connectivity index (χ3v) is 2.78. The van der Waals surface area contributed by atoms with Gasteiger partial charge < -0.3 is 14.5 Å². The second-order valence-corrected chi connectivity index (χ2v) is 4.03. The molecular weight excluding hydrogens is 214 g/mol. The van der Waals surface area contributed by atoms with Crippen LogP contribution in [0.5, 0.6) is 0 Å². The van der Waals surface area contributed by atoms with Crippen molar-refractivity contribution in [2.24, 2.45) is 7.05 Å². The summed E-state index contributed by atoms with van der Waals surface area (Å²) in [5.74, 6) is 1.02. The van der Waals surface area contributed by atoms with Gasteiger partial charge in [0.25, 0.3) is 0 Å². The highest BCUT2D eigenvalue weighted by Gasteiger charge is 2.19. The van der Waals surface area contributed by atoms with E-state index >= 15 is 0 Å². The predicted octanol–water partition coefficient (Wildman–Crippen LogP) is 1.34. The summed E-state index contributed by atoms with van der Waals surface area (Å²) < 4.78 is 4.10. The number of aryl methyl sites for hydroxylation is 2. The van der Waals surface area contributed by atoms with Crippen molar-refractivity contribution in [3.63, 3.8) is 0 Å². The second kappa shape index (κ2) is 5.14. The Morgan fingerprint density at radius 1 is 1.35 bits per heavy atom. The molecule has 0 saturated heterocycles. The fourth-order valence-electron chi connectivity index (χ4n) is 1.96. The van der Waals surface area contributed by atoms with Gasteiger partial charge in [0.05, 0.1) is 12.0 Å². The van der Waals surface area contributed by atoms with Crippen LogP contribution in [0, 0.1) is 0 Å². The minimum atomic E-state index is 0.0659. The minimum Gasteiger partial charge on any atom is -0.340 e. The Morgan fingerprint density at radius 2 is 2.18 bits per heavy atom. The molecule has 0 spiro atoms. The highest BCUT2D eigenvalue weighted by molar-refractivity contribution is 5.16. The van der Waals surface area contributed by atoms with E-state index in [1.807, 2.05) is 36.5 Å². The Labute approximate surface area is 102 Å². The van der Waals surface area contributed by atoms with E-state index in [2.05, 4.69) is 33.7 Å². The zero-order valence-electron chi connectivity index (χ0n) is 10.6. The van der Waals surface area contributed by atoms with E-state index < -0.39 is 0 Å². The molecule has 0 aliphatic rings. The summed E-state index contributed by atoms with van der Waals surface area (Å²) in [7, 11) is 1.98. The van der Waals surface area contributed by atoms with Crippen LogP contribution in [0.4, 0.5) is 0 Å². The van der Waals surface area contributed by atoms with Gasteiger partial charge in [-0.05, 0) is 13.5 Å². The average Bonchev–Trinajstić information content (AvgIpc) is 2.94. The molecule has 5 nitrogen and oxygen atoms in total. The van der Waals surface area contributed by atoms with Crippen molar-refractivity contribution in [1.82, 2.24) is 24.4 Å². The molecule has 17 heavy (non-hydrogen) atoms. The lowest BCUT2D eigenvalue weighted by Gasteiger charge is -2.16. The first-order chi connectivity index (χ1) is 8.26. The van der Waals surface area contributed by atoms with E-state index in [-0.39, 0.29) is 6.04 Å². The molecule has 2 rings (SSSR count). The molecule has 92 valence electrons. The van der Waals surface area contributed by atoms with Gasteiger partial charge in [-0.1, -0.05) is 6.92 Å². The molecule has 5 heteroatoms. The first-order valence-corrected chi connectivity index (χ1v) is 5.98. The van der Waals surface area contributed by atoms with E-state index in [9.17, 15) is 0 Å². The van der Waals surface area contributed by atoms with Gasteiger partial charge in [-0.15, -0.1) is 0 Å². The van der Waals surface area contributed by atoms with Gasteiger partial charge in [0.15, 0.2) is 0 Å².